The quantitative estimate of drug-likeness (QED) is 0.447. The Bertz CT molecular complexity index is 1430. The molecule has 1 aromatic heterocycles. The van der Waals surface area contributed by atoms with Crippen LogP contribution in [0.2, 0.25) is 0 Å². The maximum Gasteiger partial charge on any atom is 0.248 e. The van der Waals surface area contributed by atoms with Crippen molar-refractivity contribution in [1.82, 2.24) is 9.46 Å². The van der Waals surface area contributed by atoms with E-state index in [1.165, 1.54) is 9.87 Å². The fourth-order valence-corrected chi connectivity index (χ4v) is 6.93. The van der Waals surface area contributed by atoms with Crippen molar-refractivity contribution in [3.8, 4) is 0 Å². The molecule has 0 aliphatic carbocycles. The van der Waals surface area contributed by atoms with Crippen molar-refractivity contribution < 1.29 is 17.7 Å². The molecule has 2 heterocycles. The number of amides is 1. The molecule has 7 nitrogen and oxygen atoms in total. The Morgan fingerprint density at radius 3 is 2.32 bits per heavy atom. The minimum absolute atomic E-state index is 0.0574. The molecule has 1 N–H and O–H groups in total. The lowest BCUT2D eigenvalue weighted by molar-refractivity contribution is -0.120. The Hall–Kier alpha value is -3.23. The summed E-state index contributed by atoms with van der Waals surface area (Å²) in [6, 6.07) is 10.0. The third-order valence-corrected chi connectivity index (χ3v) is 9.08. The first-order valence-electron chi connectivity index (χ1n) is 12.6. The van der Waals surface area contributed by atoms with Crippen molar-refractivity contribution in [1.29, 1.82) is 0 Å². The molecule has 4 rings (SSSR count). The van der Waals surface area contributed by atoms with Gasteiger partial charge in [-0.15, -0.1) is 0 Å². The van der Waals surface area contributed by atoms with Gasteiger partial charge in [-0.3, -0.25) is 4.79 Å². The van der Waals surface area contributed by atoms with Gasteiger partial charge in [0.2, 0.25) is 15.9 Å². The van der Waals surface area contributed by atoms with Gasteiger partial charge in [0.1, 0.15) is 5.69 Å². The number of benzene rings is 2. The average Bonchev–Trinajstić information content (AvgIpc) is 3.21. The van der Waals surface area contributed by atoms with Crippen molar-refractivity contribution in [2.45, 2.75) is 59.3 Å². The van der Waals surface area contributed by atoms with Gasteiger partial charge in [0.15, 0.2) is 10.7 Å². The van der Waals surface area contributed by atoms with Crippen molar-refractivity contribution >= 4 is 33.8 Å². The van der Waals surface area contributed by atoms with E-state index in [1.807, 2.05) is 58.9 Å². The lowest BCUT2D eigenvalue weighted by Gasteiger charge is -2.31. The fourth-order valence-electron chi connectivity index (χ4n) is 5.15. The smallest absolute Gasteiger partial charge is 0.248 e. The van der Waals surface area contributed by atoms with Gasteiger partial charge in [-0.2, -0.15) is 4.31 Å². The van der Waals surface area contributed by atoms with Crippen LogP contribution in [0.5, 0.6) is 0 Å². The highest BCUT2D eigenvalue weighted by molar-refractivity contribution is 7.89. The summed E-state index contributed by atoms with van der Waals surface area (Å²) in [5.41, 5.74) is 7.44. The molecule has 1 aliphatic rings. The van der Waals surface area contributed by atoms with E-state index in [-0.39, 0.29) is 23.1 Å². The molecule has 0 radical (unpaired) electrons. The summed E-state index contributed by atoms with van der Waals surface area (Å²) in [5, 5.41) is 7.00. The van der Waals surface area contributed by atoms with E-state index in [2.05, 4.69) is 22.6 Å². The number of nitrogens with one attached hydrogen (secondary N) is 1. The molecule has 196 valence electrons. The standard InChI is InChI=1S/C29H35N3O4S/c1-18-15-21(4)25(22(5)16-18)12-13-26-28(23(6)31-36-26)37(34,35)32-14-8-11-24(17-32)29(33)30-27-19(2)9-7-10-20(27)3/h7,9-10,12-13,15-16,24H,8,11,14,17H2,1-6H3,(H,30,33)/b13-12+/t24-/m0/s1. The molecule has 3 aromatic rings. The largest absolute Gasteiger partial charge is 0.355 e. The molecule has 2 aromatic carbocycles. The molecule has 37 heavy (non-hydrogen) atoms. The van der Waals surface area contributed by atoms with Crippen LogP contribution in [0.3, 0.4) is 0 Å². The number of anilines is 1. The Kier molecular flexibility index (Phi) is 7.71. The highest BCUT2D eigenvalue weighted by atomic mass is 32.2. The molecule has 0 saturated carbocycles. The molecule has 1 saturated heterocycles. The van der Waals surface area contributed by atoms with Gasteiger partial charge in [0, 0.05) is 18.8 Å². The van der Waals surface area contributed by atoms with Gasteiger partial charge < -0.3 is 9.84 Å². The zero-order valence-corrected chi connectivity index (χ0v) is 23.2. The SMILES string of the molecule is Cc1cc(C)c(/C=C/c2onc(C)c2S(=O)(=O)N2CCC[C@H](C(=O)Nc3c(C)cccc3C)C2)c(C)c1. The van der Waals surface area contributed by atoms with Crippen molar-refractivity contribution in [3.63, 3.8) is 0 Å². The number of hydrogen-bond donors (Lipinski definition) is 1. The summed E-state index contributed by atoms with van der Waals surface area (Å²) in [6.07, 6.45) is 4.78. The van der Waals surface area contributed by atoms with E-state index in [1.54, 1.807) is 13.0 Å². The third kappa shape index (κ3) is 5.55. The molecular weight excluding hydrogens is 486 g/mol. The van der Waals surface area contributed by atoms with E-state index >= 15 is 0 Å². The second kappa shape index (κ2) is 10.6. The van der Waals surface area contributed by atoms with Crippen LogP contribution < -0.4 is 5.32 Å². The Labute approximate surface area is 219 Å². The normalized spacial score (nSPS) is 16.9. The summed E-state index contributed by atoms with van der Waals surface area (Å²) in [4.78, 5) is 13.2. The van der Waals surface area contributed by atoms with Crippen molar-refractivity contribution in [2.24, 2.45) is 5.92 Å². The second-order valence-corrected chi connectivity index (χ2v) is 11.9. The fraction of sp³-hybridized carbons (Fsp3) is 0.379. The van der Waals surface area contributed by atoms with Crippen molar-refractivity contribution in [2.75, 3.05) is 18.4 Å². The van der Waals surface area contributed by atoms with E-state index < -0.39 is 15.9 Å². The zero-order valence-electron chi connectivity index (χ0n) is 22.4. The van der Waals surface area contributed by atoms with E-state index in [0.29, 0.717) is 25.1 Å². The van der Waals surface area contributed by atoms with Crippen molar-refractivity contribution in [3.05, 3.63) is 75.2 Å². The summed E-state index contributed by atoms with van der Waals surface area (Å²) < 4.78 is 34.4. The topological polar surface area (TPSA) is 92.5 Å². The number of rotatable bonds is 6. The minimum atomic E-state index is -3.92. The number of nitrogens with zero attached hydrogens (tertiary/aromatic N) is 2. The van der Waals surface area contributed by atoms with Crippen LogP contribution in [0.25, 0.3) is 12.2 Å². The van der Waals surface area contributed by atoms with Gasteiger partial charge in [-0.25, -0.2) is 8.42 Å². The number of hydrogen-bond acceptors (Lipinski definition) is 5. The number of carbonyl (C=O) groups is 1. The van der Waals surface area contributed by atoms with E-state index in [4.69, 9.17) is 4.52 Å². The summed E-state index contributed by atoms with van der Waals surface area (Å²) in [6.45, 7) is 12.1. The van der Waals surface area contributed by atoms with Gasteiger partial charge in [-0.1, -0.05) is 47.1 Å². The highest BCUT2D eigenvalue weighted by Gasteiger charge is 2.37. The first-order valence-corrected chi connectivity index (χ1v) is 14.0. The molecule has 0 spiro atoms. The second-order valence-electron chi connectivity index (χ2n) is 10.1. The average molecular weight is 522 g/mol. The molecule has 1 fully saturated rings. The number of sulfonamides is 1. The van der Waals surface area contributed by atoms with Gasteiger partial charge in [-0.05, 0) is 88.3 Å². The number of para-hydroxylation sites is 1. The third-order valence-electron chi connectivity index (χ3n) is 7.05. The lowest BCUT2D eigenvalue weighted by atomic mass is 9.98. The predicted octanol–water partition coefficient (Wildman–Crippen LogP) is 5.73. The summed E-state index contributed by atoms with van der Waals surface area (Å²) >= 11 is 0. The van der Waals surface area contributed by atoms with Crippen LogP contribution >= 0.6 is 0 Å². The van der Waals surface area contributed by atoms with Crippen LogP contribution in [-0.2, 0) is 14.8 Å². The first kappa shape index (κ1) is 26.8. The van der Waals surface area contributed by atoms with Crippen LogP contribution in [-0.4, -0.2) is 36.9 Å². The van der Waals surface area contributed by atoms with Crippen LogP contribution in [0.1, 0.15) is 57.7 Å². The van der Waals surface area contributed by atoms with E-state index in [9.17, 15) is 13.2 Å². The zero-order chi connectivity index (χ0) is 26.9. The molecular formula is C29H35N3O4S. The lowest BCUT2D eigenvalue weighted by Crippen LogP contribution is -2.44. The Morgan fingerprint density at radius 1 is 1.03 bits per heavy atom. The van der Waals surface area contributed by atoms with Crippen LogP contribution in [0.15, 0.2) is 39.8 Å². The van der Waals surface area contributed by atoms with E-state index in [0.717, 1.165) is 33.5 Å². The van der Waals surface area contributed by atoms with Crippen LogP contribution in [0, 0.1) is 47.5 Å². The summed E-state index contributed by atoms with van der Waals surface area (Å²) in [5.74, 6) is -0.414. The first-order chi connectivity index (χ1) is 17.5. The number of carbonyl (C=O) groups excluding carboxylic acids is 1. The molecule has 0 bridgehead atoms. The van der Waals surface area contributed by atoms with Gasteiger partial charge in [0.05, 0.1) is 5.92 Å². The van der Waals surface area contributed by atoms with Crippen LogP contribution in [0.4, 0.5) is 5.69 Å². The highest BCUT2D eigenvalue weighted by Crippen LogP contribution is 2.31. The maximum absolute atomic E-state index is 13.8. The maximum atomic E-state index is 13.8. The number of aromatic nitrogens is 1. The molecule has 1 amide bonds. The van der Waals surface area contributed by atoms with Gasteiger partial charge in [0.25, 0.3) is 0 Å². The van der Waals surface area contributed by atoms with Gasteiger partial charge >= 0.3 is 0 Å². The molecule has 1 aliphatic heterocycles. The Balaban J connectivity index is 1.58. The summed E-state index contributed by atoms with van der Waals surface area (Å²) in [7, 11) is -3.92. The Morgan fingerprint density at radius 2 is 1.68 bits per heavy atom. The minimum Gasteiger partial charge on any atom is -0.355 e. The molecule has 0 unspecified atom stereocenters. The predicted molar refractivity (Wildman–Crippen MR) is 147 cm³/mol. The molecule has 1 atom stereocenters. The number of aryl methyl sites for hydroxylation is 6. The monoisotopic (exact) mass is 521 g/mol. The number of piperidine rings is 1. The molecule has 8 heteroatoms.